The molecule has 4 heteroatoms. The van der Waals surface area contributed by atoms with Gasteiger partial charge in [-0.15, -0.1) is 0 Å². The standard InChI is InChI=1S/C15H21FN2O/c1-15(2)9-6-10-17-13(15)14(19)18(3)12-8-5-4-7-11(12)16/h4-5,7-8,13,17H,6,9-10H2,1-3H3. The zero-order valence-corrected chi connectivity index (χ0v) is 11.7. The maximum atomic E-state index is 13.7. The molecule has 0 aliphatic carbocycles. The van der Waals surface area contributed by atoms with Crippen LogP contribution in [-0.4, -0.2) is 25.5 Å². The van der Waals surface area contributed by atoms with Gasteiger partial charge >= 0.3 is 0 Å². The summed E-state index contributed by atoms with van der Waals surface area (Å²) in [7, 11) is 1.63. The molecule has 1 aromatic carbocycles. The van der Waals surface area contributed by atoms with E-state index in [2.05, 4.69) is 19.2 Å². The molecule has 1 saturated heterocycles. The number of hydrogen-bond donors (Lipinski definition) is 1. The number of rotatable bonds is 2. The molecule has 1 amide bonds. The molecule has 104 valence electrons. The third-order valence-corrected chi connectivity index (χ3v) is 3.92. The molecule has 1 unspecified atom stereocenters. The molecule has 0 spiro atoms. The van der Waals surface area contributed by atoms with Gasteiger partial charge in [0.05, 0.1) is 11.7 Å². The number of piperidine rings is 1. The normalized spacial score (nSPS) is 22.0. The van der Waals surface area contributed by atoms with E-state index < -0.39 is 0 Å². The molecule has 1 N–H and O–H groups in total. The molecular formula is C15H21FN2O. The Balaban J connectivity index is 2.22. The number of carbonyl (C=O) groups excluding carboxylic acids is 1. The van der Waals surface area contributed by atoms with Crippen LogP contribution in [0.15, 0.2) is 24.3 Å². The Kier molecular flexibility index (Phi) is 3.90. The van der Waals surface area contributed by atoms with Crippen LogP contribution in [0.5, 0.6) is 0 Å². The van der Waals surface area contributed by atoms with Crippen LogP contribution >= 0.6 is 0 Å². The maximum absolute atomic E-state index is 13.7. The fraction of sp³-hybridized carbons (Fsp3) is 0.533. The van der Waals surface area contributed by atoms with E-state index in [0.717, 1.165) is 19.4 Å². The summed E-state index contributed by atoms with van der Waals surface area (Å²) in [5, 5.41) is 3.27. The number of anilines is 1. The van der Waals surface area contributed by atoms with Crippen LogP contribution in [-0.2, 0) is 4.79 Å². The van der Waals surface area contributed by atoms with E-state index in [-0.39, 0.29) is 23.2 Å². The summed E-state index contributed by atoms with van der Waals surface area (Å²) in [5.41, 5.74) is 0.227. The lowest BCUT2D eigenvalue weighted by Crippen LogP contribution is -2.56. The molecule has 1 aliphatic rings. The van der Waals surface area contributed by atoms with Gasteiger partial charge in [0.2, 0.25) is 5.91 Å². The van der Waals surface area contributed by atoms with Crippen molar-refractivity contribution in [3.63, 3.8) is 0 Å². The van der Waals surface area contributed by atoms with Crippen molar-refractivity contribution in [2.75, 3.05) is 18.5 Å². The van der Waals surface area contributed by atoms with Crippen molar-refractivity contribution in [1.29, 1.82) is 0 Å². The summed E-state index contributed by atoms with van der Waals surface area (Å²) in [6, 6.07) is 6.11. The summed E-state index contributed by atoms with van der Waals surface area (Å²) >= 11 is 0. The Hall–Kier alpha value is -1.42. The number of likely N-dealkylation sites (N-methyl/N-ethyl adjacent to an activating group) is 1. The monoisotopic (exact) mass is 264 g/mol. The van der Waals surface area contributed by atoms with Crippen LogP contribution in [0.2, 0.25) is 0 Å². The Bertz CT molecular complexity index is 473. The number of hydrogen-bond acceptors (Lipinski definition) is 2. The van der Waals surface area contributed by atoms with Crippen LogP contribution in [0.3, 0.4) is 0 Å². The number of nitrogens with zero attached hydrogens (tertiary/aromatic N) is 1. The second-order valence-electron chi connectivity index (χ2n) is 5.83. The van der Waals surface area contributed by atoms with Gasteiger partial charge in [-0.25, -0.2) is 4.39 Å². The summed E-state index contributed by atoms with van der Waals surface area (Å²) in [6.45, 7) is 5.00. The molecule has 0 bridgehead atoms. The molecule has 1 fully saturated rings. The third kappa shape index (κ3) is 2.78. The largest absolute Gasteiger partial charge is 0.311 e. The molecule has 0 radical (unpaired) electrons. The average molecular weight is 264 g/mol. The highest BCUT2D eigenvalue weighted by Gasteiger charge is 2.39. The first-order valence-electron chi connectivity index (χ1n) is 6.69. The van der Waals surface area contributed by atoms with Crippen LogP contribution in [0.1, 0.15) is 26.7 Å². The zero-order valence-electron chi connectivity index (χ0n) is 11.7. The fourth-order valence-electron chi connectivity index (χ4n) is 2.67. The molecular weight excluding hydrogens is 243 g/mol. The lowest BCUT2D eigenvalue weighted by Gasteiger charge is -2.40. The van der Waals surface area contributed by atoms with Crippen molar-refractivity contribution in [2.45, 2.75) is 32.7 Å². The van der Waals surface area contributed by atoms with E-state index in [9.17, 15) is 9.18 Å². The third-order valence-electron chi connectivity index (χ3n) is 3.92. The predicted molar refractivity (Wildman–Crippen MR) is 74.6 cm³/mol. The molecule has 2 rings (SSSR count). The number of halogens is 1. The minimum Gasteiger partial charge on any atom is -0.311 e. The Labute approximate surface area is 113 Å². The van der Waals surface area contributed by atoms with E-state index in [1.165, 1.54) is 11.0 Å². The van der Waals surface area contributed by atoms with Gasteiger partial charge in [-0.3, -0.25) is 4.79 Å². The molecule has 1 heterocycles. The quantitative estimate of drug-likeness (QED) is 0.890. The summed E-state index contributed by atoms with van der Waals surface area (Å²) in [4.78, 5) is 14.0. The highest BCUT2D eigenvalue weighted by atomic mass is 19.1. The second kappa shape index (κ2) is 5.29. The minimum absolute atomic E-state index is 0.0743. The maximum Gasteiger partial charge on any atom is 0.244 e. The van der Waals surface area contributed by atoms with Crippen molar-refractivity contribution in [2.24, 2.45) is 5.41 Å². The van der Waals surface area contributed by atoms with Crippen molar-refractivity contribution in [1.82, 2.24) is 5.32 Å². The van der Waals surface area contributed by atoms with Crippen LogP contribution in [0, 0.1) is 11.2 Å². The topological polar surface area (TPSA) is 32.3 Å². The Morgan fingerprint density at radius 1 is 1.42 bits per heavy atom. The van der Waals surface area contributed by atoms with Crippen molar-refractivity contribution < 1.29 is 9.18 Å². The average Bonchev–Trinajstić information content (AvgIpc) is 2.37. The summed E-state index contributed by atoms with van der Waals surface area (Å²) in [6.07, 6.45) is 2.07. The van der Waals surface area contributed by atoms with Crippen LogP contribution < -0.4 is 10.2 Å². The fourth-order valence-corrected chi connectivity index (χ4v) is 2.67. The first kappa shape index (κ1) is 14.0. The minimum atomic E-state index is -0.369. The molecule has 3 nitrogen and oxygen atoms in total. The van der Waals surface area contributed by atoms with E-state index in [4.69, 9.17) is 0 Å². The second-order valence-corrected chi connectivity index (χ2v) is 5.83. The van der Waals surface area contributed by atoms with Gasteiger partial charge in [-0.05, 0) is 36.9 Å². The molecule has 1 aliphatic heterocycles. The van der Waals surface area contributed by atoms with E-state index in [0.29, 0.717) is 5.69 Å². The van der Waals surface area contributed by atoms with Gasteiger partial charge in [-0.2, -0.15) is 0 Å². The molecule has 1 atom stereocenters. The van der Waals surface area contributed by atoms with E-state index in [1.54, 1.807) is 25.2 Å². The first-order valence-corrected chi connectivity index (χ1v) is 6.69. The summed E-state index contributed by atoms with van der Waals surface area (Å²) in [5.74, 6) is -0.443. The van der Waals surface area contributed by atoms with Gasteiger partial charge < -0.3 is 10.2 Å². The Morgan fingerprint density at radius 2 is 2.11 bits per heavy atom. The number of benzene rings is 1. The molecule has 0 aromatic heterocycles. The molecule has 19 heavy (non-hydrogen) atoms. The van der Waals surface area contributed by atoms with Gasteiger partial charge in [0, 0.05) is 7.05 Å². The van der Waals surface area contributed by atoms with Gasteiger partial charge in [0.15, 0.2) is 0 Å². The lowest BCUT2D eigenvalue weighted by atomic mass is 9.77. The van der Waals surface area contributed by atoms with Gasteiger partial charge in [0.25, 0.3) is 0 Å². The van der Waals surface area contributed by atoms with Gasteiger partial charge in [0.1, 0.15) is 5.82 Å². The number of carbonyl (C=O) groups is 1. The SMILES string of the molecule is CN(C(=O)C1NCCCC1(C)C)c1ccccc1F. The summed E-state index contributed by atoms with van der Waals surface area (Å²) < 4.78 is 13.7. The van der Waals surface area contributed by atoms with Crippen LogP contribution in [0.4, 0.5) is 10.1 Å². The number of nitrogens with one attached hydrogen (secondary N) is 1. The van der Waals surface area contributed by atoms with Gasteiger partial charge in [-0.1, -0.05) is 26.0 Å². The smallest absolute Gasteiger partial charge is 0.244 e. The van der Waals surface area contributed by atoms with Crippen molar-refractivity contribution >= 4 is 11.6 Å². The van der Waals surface area contributed by atoms with E-state index >= 15 is 0 Å². The molecule has 0 saturated carbocycles. The van der Waals surface area contributed by atoms with Crippen molar-refractivity contribution in [3.8, 4) is 0 Å². The number of para-hydroxylation sites is 1. The Morgan fingerprint density at radius 3 is 2.74 bits per heavy atom. The predicted octanol–water partition coefficient (Wildman–Crippen LogP) is 2.57. The highest BCUT2D eigenvalue weighted by molar-refractivity contribution is 5.97. The highest BCUT2D eigenvalue weighted by Crippen LogP contribution is 2.32. The molecule has 1 aromatic rings. The number of amides is 1. The lowest BCUT2D eigenvalue weighted by molar-refractivity contribution is -0.123. The first-order chi connectivity index (χ1) is 8.93. The van der Waals surface area contributed by atoms with E-state index in [1.807, 2.05) is 0 Å². The zero-order chi connectivity index (χ0) is 14.0. The van der Waals surface area contributed by atoms with Crippen molar-refractivity contribution in [3.05, 3.63) is 30.1 Å². The van der Waals surface area contributed by atoms with Crippen LogP contribution in [0.25, 0.3) is 0 Å².